The second-order valence-electron chi connectivity index (χ2n) is 11.4. The van der Waals surface area contributed by atoms with E-state index in [-0.39, 0.29) is 23.5 Å². The molecular formula is C34H35ClFN3O4S. The van der Waals surface area contributed by atoms with E-state index >= 15 is 0 Å². The number of nitrogens with zero attached hydrogens (tertiary/aromatic N) is 2. The molecule has 0 saturated heterocycles. The van der Waals surface area contributed by atoms with Gasteiger partial charge in [0, 0.05) is 23.5 Å². The summed E-state index contributed by atoms with van der Waals surface area (Å²) in [5, 5.41) is 3.39. The molecule has 0 heterocycles. The fourth-order valence-corrected chi connectivity index (χ4v) is 6.28. The lowest BCUT2D eigenvalue weighted by Gasteiger charge is -2.35. The van der Waals surface area contributed by atoms with Crippen molar-refractivity contribution in [2.24, 2.45) is 0 Å². The van der Waals surface area contributed by atoms with Gasteiger partial charge in [-0.05, 0) is 74.4 Å². The molecule has 7 nitrogen and oxygen atoms in total. The number of para-hydroxylation sites is 1. The Morgan fingerprint density at radius 2 is 1.41 bits per heavy atom. The highest BCUT2D eigenvalue weighted by Gasteiger charge is 2.35. The molecule has 0 bridgehead atoms. The number of carbonyl (C=O) groups is 2. The summed E-state index contributed by atoms with van der Waals surface area (Å²) < 4.78 is 42.5. The standard InChI is InChI=1S/C34H35ClFN3O4S/c1-34(2,3)37-33(41)31(22-25-12-6-4-7-13-25)38(23-26-14-10-11-17-30(26)35)32(40)24-39(28-15-8-5-9-16-28)44(42,43)29-20-18-27(36)19-21-29/h4-21,31H,22-24H2,1-3H3,(H,37,41)/t31-/m0/s1. The number of hydrogen-bond donors (Lipinski definition) is 1. The van der Waals surface area contributed by atoms with Crippen molar-refractivity contribution < 1.29 is 22.4 Å². The molecule has 0 fully saturated rings. The average Bonchev–Trinajstić information content (AvgIpc) is 2.98. The summed E-state index contributed by atoms with van der Waals surface area (Å²) in [6.45, 7) is 4.86. The minimum atomic E-state index is -4.32. The van der Waals surface area contributed by atoms with Crippen molar-refractivity contribution >= 4 is 39.1 Å². The molecule has 4 rings (SSSR count). The van der Waals surface area contributed by atoms with Gasteiger partial charge in [0.05, 0.1) is 10.6 Å². The molecule has 0 aliphatic heterocycles. The minimum Gasteiger partial charge on any atom is -0.350 e. The number of anilines is 1. The molecule has 4 aromatic rings. The van der Waals surface area contributed by atoms with Crippen molar-refractivity contribution in [2.75, 3.05) is 10.8 Å². The molecule has 0 radical (unpaired) electrons. The first-order chi connectivity index (χ1) is 20.8. The van der Waals surface area contributed by atoms with E-state index in [1.165, 1.54) is 4.90 Å². The molecule has 4 aromatic carbocycles. The quantitative estimate of drug-likeness (QED) is 0.212. The number of sulfonamides is 1. The van der Waals surface area contributed by atoms with Crippen molar-refractivity contribution in [3.05, 3.63) is 131 Å². The van der Waals surface area contributed by atoms with Gasteiger partial charge in [-0.15, -0.1) is 0 Å². The number of hydrogen-bond acceptors (Lipinski definition) is 4. The zero-order valence-electron chi connectivity index (χ0n) is 24.8. The zero-order valence-corrected chi connectivity index (χ0v) is 26.4. The fourth-order valence-electron chi connectivity index (χ4n) is 4.67. The first-order valence-electron chi connectivity index (χ1n) is 14.1. The van der Waals surface area contributed by atoms with E-state index in [9.17, 15) is 22.4 Å². The van der Waals surface area contributed by atoms with Gasteiger partial charge in [0.1, 0.15) is 18.4 Å². The van der Waals surface area contributed by atoms with E-state index in [0.717, 1.165) is 34.1 Å². The molecule has 2 amide bonds. The van der Waals surface area contributed by atoms with Crippen LogP contribution in [0, 0.1) is 5.82 Å². The first kappa shape index (κ1) is 32.7. The second-order valence-corrected chi connectivity index (χ2v) is 13.6. The first-order valence-corrected chi connectivity index (χ1v) is 15.9. The van der Waals surface area contributed by atoms with Crippen LogP contribution in [-0.4, -0.2) is 43.3 Å². The average molecular weight is 636 g/mol. The second kappa shape index (κ2) is 14.1. The summed E-state index contributed by atoms with van der Waals surface area (Å²) in [6, 6.07) is 27.9. The van der Waals surface area contributed by atoms with Gasteiger partial charge in [0.25, 0.3) is 10.0 Å². The van der Waals surface area contributed by atoms with Crippen molar-refractivity contribution in [1.82, 2.24) is 10.2 Å². The molecule has 1 N–H and O–H groups in total. The molecule has 10 heteroatoms. The van der Waals surface area contributed by atoms with Crippen molar-refractivity contribution in [3.63, 3.8) is 0 Å². The van der Waals surface area contributed by atoms with Crippen LogP contribution in [0.3, 0.4) is 0 Å². The van der Waals surface area contributed by atoms with Gasteiger partial charge in [-0.3, -0.25) is 13.9 Å². The van der Waals surface area contributed by atoms with E-state index in [1.807, 2.05) is 51.1 Å². The van der Waals surface area contributed by atoms with E-state index in [1.54, 1.807) is 54.6 Å². The third-order valence-electron chi connectivity index (χ3n) is 6.79. The molecule has 0 unspecified atom stereocenters. The molecule has 0 saturated carbocycles. The Morgan fingerprint density at radius 1 is 0.841 bits per heavy atom. The summed E-state index contributed by atoms with van der Waals surface area (Å²) >= 11 is 6.52. The highest BCUT2D eigenvalue weighted by atomic mass is 35.5. The molecule has 0 aromatic heterocycles. The number of carbonyl (C=O) groups excluding carboxylic acids is 2. The van der Waals surface area contributed by atoms with Gasteiger partial charge < -0.3 is 10.2 Å². The predicted molar refractivity (Wildman–Crippen MR) is 171 cm³/mol. The lowest BCUT2D eigenvalue weighted by molar-refractivity contribution is -0.140. The van der Waals surface area contributed by atoms with Crippen LogP contribution in [0.2, 0.25) is 5.02 Å². The van der Waals surface area contributed by atoms with E-state index in [4.69, 9.17) is 11.6 Å². The minimum absolute atomic E-state index is 0.0488. The van der Waals surface area contributed by atoms with Gasteiger partial charge in [-0.2, -0.15) is 0 Å². The van der Waals surface area contributed by atoms with Crippen molar-refractivity contribution in [3.8, 4) is 0 Å². The van der Waals surface area contributed by atoms with Crippen LogP contribution in [0.25, 0.3) is 0 Å². The zero-order chi connectivity index (χ0) is 31.9. The third kappa shape index (κ3) is 8.45. The topological polar surface area (TPSA) is 86.8 Å². The van der Waals surface area contributed by atoms with Crippen LogP contribution in [0.4, 0.5) is 10.1 Å². The summed E-state index contributed by atoms with van der Waals surface area (Å²) in [7, 11) is -4.32. The van der Waals surface area contributed by atoms with E-state index in [2.05, 4.69) is 5.32 Å². The van der Waals surface area contributed by atoms with Gasteiger partial charge in [-0.25, -0.2) is 12.8 Å². The Morgan fingerprint density at radius 3 is 2.00 bits per heavy atom. The highest BCUT2D eigenvalue weighted by Crippen LogP contribution is 2.26. The lowest BCUT2D eigenvalue weighted by atomic mass is 10.0. The van der Waals surface area contributed by atoms with E-state index in [0.29, 0.717) is 10.6 Å². The van der Waals surface area contributed by atoms with Gasteiger partial charge in [0.15, 0.2) is 0 Å². The summed E-state index contributed by atoms with van der Waals surface area (Å²) in [5.74, 6) is -1.61. The summed E-state index contributed by atoms with van der Waals surface area (Å²) in [4.78, 5) is 29.5. The Balaban J connectivity index is 1.81. The predicted octanol–water partition coefficient (Wildman–Crippen LogP) is 6.23. The number of halogens is 2. The van der Waals surface area contributed by atoms with E-state index < -0.39 is 45.8 Å². The molecule has 0 aliphatic rings. The van der Waals surface area contributed by atoms with Crippen LogP contribution in [0.1, 0.15) is 31.9 Å². The molecule has 0 aliphatic carbocycles. The summed E-state index contributed by atoms with van der Waals surface area (Å²) in [6.07, 6.45) is 0.176. The molecule has 230 valence electrons. The van der Waals surface area contributed by atoms with Crippen LogP contribution in [-0.2, 0) is 32.6 Å². The van der Waals surface area contributed by atoms with Crippen molar-refractivity contribution in [1.29, 1.82) is 0 Å². The number of nitrogens with one attached hydrogen (secondary N) is 1. The Bertz CT molecular complexity index is 1680. The Labute approximate surface area is 263 Å². The fraction of sp³-hybridized carbons (Fsp3) is 0.235. The van der Waals surface area contributed by atoms with Crippen LogP contribution >= 0.6 is 11.6 Å². The maximum Gasteiger partial charge on any atom is 0.264 e. The normalized spacial score (nSPS) is 12.3. The molecule has 1 atom stereocenters. The lowest BCUT2D eigenvalue weighted by Crippen LogP contribution is -2.56. The number of amides is 2. The monoisotopic (exact) mass is 635 g/mol. The van der Waals surface area contributed by atoms with Gasteiger partial charge >= 0.3 is 0 Å². The van der Waals surface area contributed by atoms with Crippen LogP contribution in [0.15, 0.2) is 114 Å². The van der Waals surface area contributed by atoms with Crippen LogP contribution in [0.5, 0.6) is 0 Å². The number of rotatable bonds is 11. The Hall–Kier alpha value is -4.21. The third-order valence-corrected chi connectivity index (χ3v) is 8.95. The number of benzene rings is 4. The van der Waals surface area contributed by atoms with Gasteiger partial charge in [0.2, 0.25) is 11.8 Å². The maximum atomic E-state index is 14.4. The Kier molecular flexibility index (Phi) is 10.4. The highest BCUT2D eigenvalue weighted by molar-refractivity contribution is 7.92. The smallest absolute Gasteiger partial charge is 0.264 e. The van der Waals surface area contributed by atoms with Gasteiger partial charge in [-0.1, -0.05) is 78.3 Å². The van der Waals surface area contributed by atoms with Crippen LogP contribution < -0.4 is 9.62 Å². The molecular weight excluding hydrogens is 601 g/mol. The summed E-state index contributed by atoms with van der Waals surface area (Å²) in [5.41, 5.74) is 1.04. The molecule has 44 heavy (non-hydrogen) atoms. The SMILES string of the molecule is CC(C)(C)NC(=O)[C@H](Cc1ccccc1)N(Cc1ccccc1Cl)C(=O)CN(c1ccccc1)S(=O)(=O)c1ccc(F)cc1. The largest absolute Gasteiger partial charge is 0.350 e. The van der Waals surface area contributed by atoms with Crippen molar-refractivity contribution in [2.45, 2.75) is 50.2 Å². The molecule has 0 spiro atoms. The maximum absolute atomic E-state index is 14.4.